The summed E-state index contributed by atoms with van der Waals surface area (Å²) in [6, 6.07) is 5.23. The number of carbonyl (C=O) groups is 2. The van der Waals surface area contributed by atoms with Gasteiger partial charge in [-0.15, -0.1) is 0 Å². The highest BCUT2D eigenvalue weighted by Gasteiger charge is 2.34. The van der Waals surface area contributed by atoms with Gasteiger partial charge in [0.1, 0.15) is 6.04 Å². The Hall–Kier alpha value is -2.61. The number of aliphatic carboxylic acids is 1. The van der Waals surface area contributed by atoms with Gasteiger partial charge < -0.3 is 15.2 Å². The standard InChI is InChI=1S/C20H27N3O5/c1-20(2,3)16(17(24)25)21-18(26)23-15-7-5-4-6-14(15)22(19(23)27)12-13-8-10-28-11-9-13/h4-7,13,16H,8-12H2,1-3H3,(H,21,26)(H,24,25)/t16-/m1/s1. The number of benzene rings is 1. The lowest BCUT2D eigenvalue weighted by atomic mass is 9.87. The van der Waals surface area contributed by atoms with Crippen LogP contribution in [0.15, 0.2) is 29.1 Å². The molecule has 1 aliphatic rings. The van der Waals surface area contributed by atoms with Gasteiger partial charge >= 0.3 is 17.7 Å². The summed E-state index contributed by atoms with van der Waals surface area (Å²) in [7, 11) is 0. The summed E-state index contributed by atoms with van der Waals surface area (Å²) in [5.41, 5.74) is -0.0268. The number of nitrogens with one attached hydrogen (secondary N) is 1. The molecule has 8 nitrogen and oxygen atoms in total. The Morgan fingerprint density at radius 3 is 2.39 bits per heavy atom. The second kappa shape index (κ2) is 7.79. The van der Waals surface area contributed by atoms with Crippen LogP contribution in [0.4, 0.5) is 4.79 Å². The van der Waals surface area contributed by atoms with E-state index in [2.05, 4.69) is 5.32 Å². The Morgan fingerprint density at radius 1 is 1.21 bits per heavy atom. The van der Waals surface area contributed by atoms with Crippen molar-refractivity contribution in [3.8, 4) is 0 Å². The molecular weight excluding hydrogens is 362 g/mol. The van der Waals surface area contributed by atoms with E-state index >= 15 is 0 Å². The van der Waals surface area contributed by atoms with Gasteiger partial charge in [-0.3, -0.25) is 4.57 Å². The first-order valence-corrected chi connectivity index (χ1v) is 9.52. The van der Waals surface area contributed by atoms with E-state index in [1.54, 1.807) is 43.5 Å². The first kappa shape index (κ1) is 20.1. The highest BCUT2D eigenvalue weighted by atomic mass is 16.5. The lowest BCUT2D eigenvalue weighted by molar-refractivity contribution is -0.141. The predicted molar refractivity (Wildman–Crippen MR) is 105 cm³/mol. The van der Waals surface area contributed by atoms with Crippen molar-refractivity contribution in [3.05, 3.63) is 34.7 Å². The Balaban J connectivity index is 1.99. The highest BCUT2D eigenvalue weighted by molar-refractivity contribution is 5.91. The molecule has 2 aromatic rings. The molecule has 0 spiro atoms. The van der Waals surface area contributed by atoms with E-state index in [9.17, 15) is 19.5 Å². The summed E-state index contributed by atoms with van der Waals surface area (Å²) in [4.78, 5) is 37.6. The average Bonchev–Trinajstić information content (AvgIpc) is 2.91. The van der Waals surface area contributed by atoms with Crippen molar-refractivity contribution in [2.45, 2.75) is 46.2 Å². The van der Waals surface area contributed by atoms with Crippen LogP contribution in [0.2, 0.25) is 0 Å². The molecule has 1 saturated heterocycles. The van der Waals surface area contributed by atoms with E-state index in [1.165, 1.54) is 0 Å². The number of nitrogens with zero attached hydrogens (tertiary/aromatic N) is 2. The van der Waals surface area contributed by atoms with Crippen molar-refractivity contribution in [1.29, 1.82) is 0 Å². The fourth-order valence-corrected chi connectivity index (χ4v) is 3.60. The van der Waals surface area contributed by atoms with Crippen LogP contribution < -0.4 is 11.0 Å². The maximum atomic E-state index is 13.1. The van der Waals surface area contributed by atoms with Crippen molar-refractivity contribution in [2.75, 3.05) is 13.2 Å². The fraction of sp³-hybridized carbons (Fsp3) is 0.550. The summed E-state index contributed by atoms with van der Waals surface area (Å²) in [5, 5.41) is 12.0. The minimum Gasteiger partial charge on any atom is -0.480 e. The lowest BCUT2D eigenvalue weighted by Crippen LogP contribution is -2.51. The zero-order valence-electron chi connectivity index (χ0n) is 16.5. The molecule has 0 saturated carbocycles. The number of carbonyl (C=O) groups excluding carboxylic acids is 1. The molecule has 28 heavy (non-hydrogen) atoms. The predicted octanol–water partition coefficient (Wildman–Crippen LogP) is 2.29. The van der Waals surface area contributed by atoms with Crippen LogP contribution in [0.5, 0.6) is 0 Å². The van der Waals surface area contributed by atoms with E-state index in [4.69, 9.17) is 4.74 Å². The maximum Gasteiger partial charge on any atom is 0.337 e. The van der Waals surface area contributed by atoms with E-state index in [0.29, 0.717) is 36.7 Å². The van der Waals surface area contributed by atoms with Crippen molar-refractivity contribution in [3.63, 3.8) is 0 Å². The van der Waals surface area contributed by atoms with E-state index in [0.717, 1.165) is 17.4 Å². The molecule has 1 atom stereocenters. The van der Waals surface area contributed by atoms with Crippen LogP contribution >= 0.6 is 0 Å². The summed E-state index contributed by atoms with van der Waals surface area (Å²) in [6.45, 7) is 7.02. The third-order valence-electron chi connectivity index (χ3n) is 5.20. The van der Waals surface area contributed by atoms with Gasteiger partial charge in [0.25, 0.3) is 0 Å². The Labute approximate surface area is 163 Å². The average molecular weight is 389 g/mol. The number of aromatic nitrogens is 2. The highest BCUT2D eigenvalue weighted by Crippen LogP contribution is 2.22. The summed E-state index contributed by atoms with van der Waals surface area (Å²) < 4.78 is 8.03. The number of ether oxygens (including phenoxy) is 1. The Morgan fingerprint density at radius 2 is 1.82 bits per heavy atom. The van der Waals surface area contributed by atoms with Crippen LogP contribution in [-0.4, -0.2) is 45.5 Å². The first-order chi connectivity index (χ1) is 13.2. The molecule has 0 aliphatic carbocycles. The minimum atomic E-state index is -1.14. The Kier molecular flexibility index (Phi) is 5.60. The second-order valence-corrected chi connectivity index (χ2v) is 8.36. The van der Waals surface area contributed by atoms with Gasteiger partial charge in [0.05, 0.1) is 11.0 Å². The number of carboxylic acid groups (broad SMARTS) is 1. The molecule has 0 unspecified atom stereocenters. The molecule has 152 valence electrons. The number of fused-ring (bicyclic) bond motifs is 1. The van der Waals surface area contributed by atoms with E-state index < -0.39 is 29.1 Å². The van der Waals surface area contributed by atoms with Gasteiger partial charge in [0.2, 0.25) is 0 Å². The minimum absolute atomic E-state index is 0.301. The van der Waals surface area contributed by atoms with Gasteiger partial charge in [-0.1, -0.05) is 32.9 Å². The molecule has 1 aromatic heterocycles. The molecule has 1 aromatic carbocycles. The number of carboxylic acids is 1. The zero-order chi connectivity index (χ0) is 20.5. The van der Waals surface area contributed by atoms with Gasteiger partial charge in [-0.05, 0) is 36.3 Å². The van der Waals surface area contributed by atoms with Gasteiger partial charge in [-0.2, -0.15) is 0 Å². The van der Waals surface area contributed by atoms with E-state index in [-0.39, 0.29) is 0 Å². The fourth-order valence-electron chi connectivity index (χ4n) is 3.60. The second-order valence-electron chi connectivity index (χ2n) is 8.36. The SMILES string of the molecule is CC(C)(C)[C@H](NC(=O)n1c(=O)n(CC2CCOCC2)c2ccccc21)C(=O)O. The summed E-state index contributed by atoms with van der Waals surface area (Å²) in [5.74, 6) is -0.838. The zero-order valence-corrected chi connectivity index (χ0v) is 16.5. The number of hydrogen-bond acceptors (Lipinski definition) is 4. The van der Waals surface area contributed by atoms with Crippen LogP contribution in [0.25, 0.3) is 11.0 Å². The molecule has 0 bridgehead atoms. The molecule has 3 rings (SSSR count). The third kappa shape index (κ3) is 3.96. The smallest absolute Gasteiger partial charge is 0.337 e. The molecular formula is C20H27N3O5. The topological polar surface area (TPSA) is 103 Å². The molecule has 1 amide bonds. The van der Waals surface area contributed by atoms with Gasteiger partial charge in [-0.25, -0.2) is 19.0 Å². The quantitative estimate of drug-likeness (QED) is 0.835. The van der Waals surface area contributed by atoms with Gasteiger partial charge in [0.15, 0.2) is 0 Å². The molecule has 1 aliphatic heterocycles. The van der Waals surface area contributed by atoms with Crippen molar-refractivity contribution >= 4 is 23.0 Å². The largest absolute Gasteiger partial charge is 0.480 e. The molecule has 1 fully saturated rings. The van der Waals surface area contributed by atoms with Crippen molar-refractivity contribution in [1.82, 2.24) is 14.5 Å². The van der Waals surface area contributed by atoms with Gasteiger partial charge in [0, 0.05) is 19.8 Å². The van der Waals surface area contributed by atoms with Crippen LogP contribution in [-0.2, 0) is 16.1 Å². The molecule has 8 heteroatoms. The van der Waals surface area contributed by atoms with E-state index in [1.807, 2.05) is 6.07 Å². The Bertz CT molecular complexity index is 931. The van der Waals surface area contributed by atoms with Crippen LogP contribution in [0.1, 0.15) is 33.6 Å². The number of imidazole rings is 1. The molecule has 2 heterocycles. The summed E-state index contributed by atoms with van der Waals surface area (Å²) in [6.07, 6.45) is 1.73. The lowest BCUT2D eigenvalue weighted by Gasteiger charge is -2.27. The number of rotatable bonds is 4. The maximum absolute atomic E-state index is 13.1. The third-order valence-corrected chi connectivity index (χ3v) is 5.20. The number of para-hydroxylation sites is 2. The normalized spacial score (nSPS) is 16.8. The monoisotopic (exact) mass is 389 g/mol. The van der Waals surface area contributed by atoms with Crippen LogP contribution in [0.3, 0.4) is 0 Å². The van der Waals surface area contributed by atoms with Crippen molar-refractivity contribution in [2.24, 2.45) is 11.3 Å². The van der Waals surface area contributed by atoms with Crippen LogP contribution in [0, 0.1) is 11.3 Å². The molecule has 0 radical (unpaired) electrons. The first-order valence-electron chi connectivity index (χ1n) is 9.52. The number of hydrogen-bond donors (Lipinski definition) is 2. The summed E-state index contributed by atoms with van der Waals surface area (Å²) >= 11 is 0. The number of amides is 1. The van der Waals surface area contributed by atoms with Crippen molar-refractivity contribution < 1.29 is 19.4 Å². The molecule has 2 N–H and O–H groups in total.